The summed E-state index contributed by atoms with van der Waals surface area (Å²) in [5, 5.41) is 5.89. The van der Waals surface area contributed by atoms with Crippen molar-refractivity contribution in [2.45, 2.75) is 53.5 Å². The molecule has 1 fully saturated rings. The number of carbonyl (C=O) groups excluding carboxylic acids is 3. The van der Waals surface area contributed by atoms with E-state index >= 15 is 0 Å². The van der Waals surface area contributed by atoms with Gasteiger partial charge in [0.15, 0.2) is 0 Å². The number of anilines is 1. The van der Waals surface area contributed by atoms with Gasteiger partial charge in [-0.1, -0.05) is 31.5 Å². The molecule has 7 heteroatoms. The number of carbonyl (C=O) groups is 3. The fourth-order valence-electron chi connectivity index (χ4n) is 3.74. The van der Waals surface area contributed by atoms with Crippen molar-refractivity contribution in [1.29, 1.82) is 0 Å². The van der Waals surface area contributed by atoms with Crippen LogP contribution >= 0.6 is 0 Å². The topological polar surface area (TPSA) is 81.8 Å². The van der Waals surface area contributed by atoms with E-state index in [0.717, 1.165) is 35.2 Å². The highest BCUT2D eigenvalue weighted by atomic mass is 16.2. The number of hydrogen-bond donors (Lipinski definition) is 2. The molecule has 1 saturated heterocycles. The molecule has 7 nitrogen and oxygen atoms in total. The maximum atomic E-state index is 12.5. The molecule has 0 atom stereocenters. The van der Waals surface area contributed by atoms with Crippen molar-refractivity contribution < 1.29 is 14.4 Å². The molecule has 1 aromatic carbocycles. The zero-order chi connectivity index (χ0) is 21.7. The van der Waals surface area contributed by atoms with E-state index in [1.54, 1.807) is 7.05 Å². The normalized spacial score (nSPS) is 14.7. The third kappa shape index (κ3) is 6.21. The zero-order valence-electron chi connectivity index (χ0n) is 18.5. The van der Waals surface area contributed by atoms with Crippen molar-refractivity contribution in [2.24, 2.45) is 5.92 Å². The van der Waals surface area contributed by atoms with E-state index in [1.807, 2.05) is 51.7 Å². The van der Waals surface area contributed by atoms with Gasteiger partial charge in [0.05, 0.1) is 0 Å². The summed E-state index contributed by atoms with van der Waals surface area (Å²) >= 11 is 0. The van der Waals surface area contributed by atoms with Crippen LogP contribution in [-0.2, 0) is 9.59 Å². The SMILES string of the molecule is Cc1cc(C)c(NC(=O)CN(C)C(=O)NC2CCN(C(=O)C(C)C)CC2)c(C)c1. The first-order chi connectivity index (χ1) is 13.6. The molecule has 0 aliphatic carbocycles. The number of rotatable bonds is 5. The zero-order valence-corrected chi connectivity index (χ0v) is 18.5. The van der Waals surface area contributed by atoms with Gasteiger partial charge in [-0.15, -0.1) is 0 Å². The molecular formula is C22H34N4O3. The van der Waals surface area contributed by atoms with Crippen molar-refractivity contribution in [3.05, 3.63) is 28.8 Å². The van der Waals surface area contributed by atoms with Crippen LogP contribution in [0, 0.1) is 26.7 Å². The number of urea groups is 1. The lowest BCUT2D eigenvalue weighted by Crippen LogP contribution is -2.51. The Labute approximate surface area is 173 Å². The standard InChI is InChI=1S/C22H34N4O3/c1-14(2)21(28)26-9-7-18(8-10-26)23-22(29)25(6)13-19(27)24-20-16(4)11-15(3)12-17(20)5/h11-12,14,18H,7-10,13H2,1-6H3,(H,23,29)(H,24,27). The second kappa shape index (κ2) is 9.76. The minimum Gasteiger partial charge on any atom is -0.342 e. The summed E-state index contributed by atoms with van der Waals surface area (Å²) in [5.74, 6) is -0.0769. The van der Waals surface area contributed by atoms with Gasteiger partial charge >= 0.3 is 6.03 Å². The number of likely N-dealkylation sites (tertiary alicyclic amines) is 1. The molecule has 29 heavy (non-hydrogen) atoms. The predicted octanol–water partition coefficient (Wildman–Crippen LogP) is 2.84. The monoisotopic (exact) mass is 402 g/mol. The van der Waals surface area contributed by atoms with Gasteiger partial charge < -0.3 is 20.4 Å². The van der Waals surface area contributed by atoms with Crippen LogP contribution in [0.4, 0.5) is 10.5 Å². The number of amides is 4. The van der Waals surface area contributed by atoms with Crippen molar-refractivity contribution in [3.63, 3.8) is 0 Å². The molecule has 0 spiro atoms. The van der Waals surface area contributed by atoms with E-state index in [4.69, 9.17) is 0 Å². The summed E-state index contributed by atoms with van der Waals surface area (Å²) in [6.45, 7) is 11.0. The number of benzene rings is 1. The van der Waals surface area contributed by atoms with Gasteiger partial charge in [0.25, 0.3) is 0 Å². The number of aryl methyl sites for hydroxylation is 3. The Bertz CT molecular complexity index is 744. The molecule has 1 aromatic rings. The van der Waals surface area contributed by atoms with Crippen molar-refractivity contribution in [3.8, 4) is 0 Å². The summed E-state index contributed by atoms with van der Waals surface area (Å²) in [4.78, 5) is 40.2. The molecule has 0 radical (unpaired) electrons. The molecule has 1 aliphatic heterocycles. The Kier molecular flexibility index (Phi) is 7.65. The molecule has 160 valence electrons. The van der Waals surface area contributed by atoms with Crippen LogP contribution < -0.4 is 10.6 Å². The first kappa shape index (κ1) is 22.7. The van der Waals surface area contributed by atoms with Gasteiger partial charge in [-0.2, -0.15) is 0 Å². The van der Waals surface area contributed by atoms with Gasteiger partial charge in [0.2, 0.25) is 11.8 Å². The summed E-state index contributed by atoms with van der Waals surface area (Å²) in [6, 6.07) is 3.79. The molecule has 0 bridgehead atoms. The van der Waals surface area contributed by atoms with Crippen LogP contribution in [0.15, 0.2) is 12.1 Å². The van der Waals surface area contributed by atoms with E-state index in [9.17, 15) is 14.4 Å². The molecule has 0 aromatic heterocycles. The molecule has 4 amide bonds. The minimum atomic E-state index is -0.272. The van der Waals surface area contributed by atoms with Crippen molar-refractivity contribution in [2.75, 3.05) is 32.0 Å². The van der Waals surface area contributed by atoms with Crippen molar-refractivity contribution >= 4 is 23.5 Å². The number of hydrogen-bond acceptors (Lipinski definition) is 3. The van der Waals surface area contributed by atoms with E-state index < -0.39 is 0 Å². The summed E-state index contributed by atoms with van der Waals surface area (Å²) < 4.78 is 0. The van der Waals surface area contributed by atoms with Crippen LogP contribution in [0.1, 0.15) is 43.4 Å². The number of piperidine rings is 1. The average Bonchev–Trinajstić information content (AvgIpc) is 2.64. The van der Waals surface area contributed by atoms with Crippen LogP contribution in [0.3, 0.4) is 0 Å². The molecular weight excluding hydrogens is 368 g/mol. The second-order valence-corrected chi connectivity index (χ2v) is 8.38. The Morgan fingerprint density at radius 2 is 1.66 bits per heavy atom. The quantitative estimate of drug-likeness (QED) is 0.795. The molecule has 2 rings (SSSR count). The largest absolute Gasteiger partial charge is 0.342 e. The van der Waals surface area contributed by atoms with Gasteiger partial charge in [0, 0.05) is 37.8 Å². The predicted molar refractivity (Wildman–Crippen MR) is 115 cm³/mol. The number of likely N-dealkylation sites (N-methyl/N-ethyl adjacent to an activating group) is 1. The lowest BCUT2D eigenvalue weighted by Gasteiger charge is -2.34. The lowest BCUT2D eigenvalue weighted by molar-refractivity contribution is -0.135. The summed E-state index contributed by atoms with van der Waals surface area (Å²) in [7, 11) is 1.61. The molecule has 2 N–H and O–H groups in total. The smallest absolute Gasteiger partial charge is 0.317 e. The van der Waals surface area contributed by atoms with E-state index in [-0.39, 0.29) is 36.3 Å². The number of nitrogens with zero attached hydrogens (tertiary/aromatic N) is 2. The molecule has 1 heterocycles. The molecule has 0 unspecified atom stereocenters. The van der Waals surface area contributed by atoms with Gasteiger partial charge in [-0.25, -0.2) is 4.79 Å². The third-order valence-electron chi connectivity index (χ3n) is 5.30. The van der Waals surface area contributed by atoms with Crippen LogP contribution in [0.5, 0.6) is 0 Å². The first-order valence-electron chi connectivity index (χ1n) is 10.3. The fraction of sp³-hybridized carbons (Fsp3) is 0.591. The first-order valence-corrected chi connectivity index (χ1v) is 10.3. The average molecular weight is 403 g/mol. The van der Waals surface area contributed by atoms with Crippen LogP contribution in [0.2, 0.25) is 0 Å². The Hall–Kier alpha value is -2.57. The second-order valence-electron chi connectivity index (χ2n) is 8.38. The summed E-state index contributed by atoms with van der Waals surface area (Å²) in [5.41, 5.74) is 3.96. The highest BCUT2D eigenvalue weighted by Crippen LogP contribution is 2.21. The maximum absolute atomic E-state index is 12.5. The number of nitrogens with one attached hydrogen (secondary N) is 2. The highest BCUT2D eigenvalue weighted by Gasteiger charge is 2.26. The third-order valence-corrected chi connectivity index (χ3v) is 5.30. The Morgan fingerprint density at radius 3 is 2.17 bits per heavy atom. The van der Waals surface area contributed by atoms with Crippen molar-refractivity contribution in [1.82, 2.24) is 15.1 Å². The van der Waals surface area contributed by atoms with Gasteiger partial charge in [-0.3, -0.25) is 9.59 Å². The van der Waals surface area contributed by atoms with E-state index in [2.05, 4.69) is 10.6 Å². The molecule has 1 aliphatic rings. The van der Waals surface area contributed by atoms with Crippen LogP contribution in [-0.4, -0.2) is 60.4 Å². The van der Waals surface area contributed by atoms with Gasteiger partial charge in [-0.05, 0) is 44.7 Å². The van der Waals surface area contributed by atoms with Crippen LogP contribution in [0.25, 0.3) is 0 Å². The van der Waals surface area contributed by atoms with E-state index in [1.165, 1.54) is 4.90 Å². The maximum Gasteiger partial charge on any atom is 0.317 e. The fourth-order valence-corrected chi connectivity index (χ4v) is 3.74. The van der Waals surface area contributed by atoms with Gasteiger partial charge in [0.1, 0.15) is 6.54 Å². The summed E-state index contributed by atoms with van der Waals surface area (Å²) in [6.07, 6.45) is 1.46. The van der Waals surface area contributed by atoms with E-state index in [0.29, 0.717) is 13.1 Å². The lowest BCUT2D eigenvalue weighted by atomic mass is 10.0. The highest BCUT2D eigenvalue weighted by molar-refractivity contribution is 5.95. The molecule has 0 saturated carbocycles. The minimum absolute atomic E-state index is 0.00779. The Morgan fingerprint density at radius 1 is 1.10 bits per heavy atom. The Balaban J connectivity index is 1.82.